The number of rotatable bonds is 4. The molecule has 5 rings (SSSR count). The highest BCUT2D eigenvalue weighted by atomic mass is 16.5. The van der Waals surface area contributed by atoms with Gasteiger partial charge in [-0.3, -0.25) is 10.3 Å². The minimum absolute atomic E-state index is 0.0304. The van der Waals surface area contributed by atoms with Crippen molar-refractivity contribution in [2.24, 2.45) is 0 Å². The molecule has 2 heterocycles. The normalized spacial score (nSPS) is 12.4. The molecule has 2 aromatic heterocycles. The van der Waals surface area contributed by atoms with Gasteiger partial charge in [0.1, 0.15) is 17.9 Å². The molecule has 0 unspecified atom stereocenters. The van der Waals surface area contributed by atoms with Crippen molar-refractivity contribution in [2.45, 2.75) is 5.92 Å². The number of carbonyl (C=O) groups excluding carboxylic acids is 1. The van der Waals surface area contributed by atoms with Gasteiger partial charge in [-0.25, -0.2) is 9.59 Å². The fourth-order valence-corrected chi connectivity index (χ4v) is 3.95. The number of ether oxygens (including phenoxy) is 1. The van der Waals surface area contributed by atoms with Gasteiger partial charge in [-0.1, -0.05) is 48.5 Å². The number of pyridine rings is 1. The maximum absolute atomic E-state index is 12.5. The van der Waals surface area contributed by atoms with E-state index in [1.807, 2.05) is 36.4 Å². The van der Waals surface area contributed by atoms with Crippen molar-refractivity contribution in [3.63, 3.8) is 0 Å². The number of nitrogens with one attached hydrogen (secondary N) is 1. The van der Waals surface area contributed by atoms with Gasteiger partial charge in [0.15, 0.2) is 0 Å². The van der Waals surface area contributed by atoms with Gasteiger partial charge in [0, 0.05) is 18.3 Å². The quantitative estimate of drug-likeness (QED) is 0.506. The van der Waals surface area contributed by atoms with Crippen LogP contribution in [0.4, 0.5) is 10.5 Å². The molecule has 1 aliphatic carbocycles. The van der Waals surface area contributed by atoms with Crippen molar-refractivity contribution in [3.8, 4) is 11.1 Å². The first-order valence-corrected chi connectivity index (χ1v) is 9.35. The van der Waals surface area contributed by atoms with E-state index >= 15 is 0 Å². The fourth-order valence-electron chi connectivity index (χ4n) is 3.95. The minimum atomic E-state index is -1.29. The number of hydrogen-bond donors (Lipinski definition) is 2. The van der Waals surface area contributed by atoms with E-state index in [1.165, 1.54) is 18.5 Å². The van der Waals surface area contributed by atoms with Gasteiger partial charge in [0.2, 0.25) is 5.76 Å². The van der Waals surface area contributed by atoms with Crippen molar-refractivity contribution in [3.05, 3.63) is 83.9 Å². The van der Waals surface area contributed by atoms with Gasteiger partial charge in [0.25, 0.3) is 0 Å². The molecular formula is C23H16N2O5. The zero-order valence-corrected chi connectivity index (χ0v) is 15.7. The third-order valence-corrected chi connectivity index (χ3v) is 5.25. The summed E-state index contributed by atoms with van der Waals surface area (Å²) in [5.41, 5.74) is 4.79. The molecule has 0 fully saturated rings. The number of amides is 1. The van der Waals surface area contributed by atoms with Crippen LogP contribution in [0.2, 0.25) is 0 Å². The lowest BCUT2D eigenvalue weighted by atomic mass is 9.98. The highest BCUT2D eigenvalue weighted by Crippen LogP contribution is 2.44. The SMILES string of the molecule is O=C(Nc1c(C(=O)O)oc2ccncc12)OCC1c2ccccc2-c2ccccc21. The molecule has 0 saturated heterocycles. The van der Waals surface area contributed by atoms with Gasteiger partial charge in [-0.05, 0) is 28.3 Å². The first kappa shape index (κ1) is 17.9. The summed E-state index contributed by atoms with van der Waals surface area (Å²) in [7, 11) is 0. The van der Waals surface area contributed by atoms with E-state index in [0.29, 0.717) is 11.0 Å². The van der Waals surface area contributed by atoms with Crippen molar-refractivity contribution < 1.29 is 23.8 Å². The van der Waals surface area contributed by atoms with E-state index in [0.717, 1.165) is 22.3 Å². The van der Waals surface area contributed by atoms with Crippen LogP contribution in [0.1, 0.15) is 27.6 Å². The number of aromatic nitrogens is 1. The number of carboxylic acids is 1. The molecule has 7 heteroatoms. The summed E-state index contributed by atoms with van der Waals surface area (Å²) in [6, 6.07) is 17.6. The van der Waals surface area contributed by atoms with Crippen molar-refractivity contribution in [1.82, 2.24) is 4.98 Å². The number of anilines is 1. The standard InChI is InChI=1S/C23H16N2O5/c26-22(27)21-20(17-11-24-10-9-19(17)30-21)25-23(28)29-12-18-15-7-3-1-5-13(15)14-6-2-4-8-16(14)18/h1-11,18H,12H2,(H,25,28)(H,26,27). The van der Waals surface area contributed by atoms with Crippen LogP contribution in [0.3, 0.4) is 0 Å². The average Bonchev–Trinajstić information content (AvgIpc) is 3.29. The number of carbonyl (C=O) groups is 2. The lowest BCUT2D eigenvalue weighted by Gasteiger charge is -2.14. The molecule has 0 bridgehead atoms. The van der Waals surface area contributed by atoms with Gasteiger partial charge in [-0.2, -0.15) is 0 Å². The molecule has 0 atom stereocenters. The predicted molar refractivity (Wildman–Crippen MR) is 110 cm³/mol. The maximum Gasteiger partial charge on any atom is 0.411 e. The Morgan fingerprint density at radius 1 is 1.03 bits per heavy atom. The average molecular weight is 400 g/mol. The van der Waals surface area contributed by atoms with E-state index in [2.05, 4.69) is 22.4 Å². The van der Waals surface area contributed by atoms with Crippen LogP contribution in [0.15, 0.2) is 71.4 Å². The lowest BCUT2D eigenvalue weighted by Crippen LogP contribution is -2.19. The van der Waals surface area contributed by atoms with Gasteiger partial charge in [-0.15, -0.1) is 0 Å². The second kappa shape index (κ2) is 7.04. The third kappa shape index (κ3) is 2.88. The summed E-state index contributed by atoms with van der Waals surface area (Å²) in [6.07, 6.45) is 2.16. The number of furan rings is 1. The van der Waals surface area contributed by atoms with Crippen LogP contribution in [-0.2, 0) is 4.74 Å². The van der Waals surface area contributed by atoms with Crippen LogP contribution in [0.25, 0.3) is 22.1 Å². The monoisotopic (exact) mass is 400 g/mol. The molecular weight excluding hydrogens is 384 g/mol. The Hall–Kier alpha value is -4.13. The van der Waals surface area contributed by atoms with Crippen LogP contribution in [0, 0.1) is 0 Å². The summed E-state index contributed by atoms with van der Waals surface area (Å²) in [5.74, 6) is -1.75. The van der Waals surface area contributed by atoms with Crippen LogP contribution in [0.5, 0.6) is 0 Å². The predicted octanol–water partition coefficient (Wildman–Crippen LogP) is 4.89. The Bertz CT molecular complexity index is 1250. The van der Waals surface area contributed by atoms with Crippen molar-refractivity contribution in [2.75, 3.05) is 11.9 Å². The van der Waals surface area contributed by atoms with Crippen molar-refractivity contribution >= 4 is 28.7 Å². The molecule has 148 valence electrons. The zero-order chi connectivity index (χ0) is 20.7. The molecule has 1 amide bonds. The largest absolute Gasteiger partial charge is 0.475 e. The number of benzene rings is 2. The second-order valence-electron chi connectivity index (χ2n) is 6.93. The smallest absolute Gasteiger partial charge is 0.411 e. The van der Waals surface area contributed by atoms with Crippen LogP contribution in [-0.4, -0.2) is 28.8 Å². The molecule has 30 heavy (non-hydrogen) atoms. The van der Waals surface area contributed by atoms with Crippen LogP contribution < -0.4 is 5.32 Å². The molecule has 1 aliphatic rings. The van der Waals surface area contributed by atoms with Gasteiger partial charge < -0.3 is 14.3 Å². The van der Waals surface area contributed by atoms with Crippen molar-refractivity contribution in [1.29, 1.82) is 0 Å². The molecule has 4 aromatic rings. The number of aromatic carboxylic acids is 1. The first-order valence-electron chi connectivity index (χ1n) is 9.35. The molecule has 2 N–H and O–H groups in total. The Labute approximate surface area is 170 Å². The number of nitrogens with zero attached hydrogens (tertiary/aromatic N) is 1. The Balaban J connectivity index is 1.39. The number of hydrogen-bond acceptors (Lipinski definition) is 5. The number of carboxylic acid groups (broad SMARTS) is 1. The molecule has 7 nitrogen and oxygen atoms in total. The fraction of sp³-hybridized carbons (Fsp3) is 0.0870. The molecule has 0 spiro atoms. The highest BCUT2D eigenvalue weighted by molar-refractivity contribution is 6.07. The third-order valence-electron chi connectivity index (χ3n) is 5.25. The highest BCUT2D eigenvalue weighted by Gasteiger charge is 2.29. The van der Waals surface area contributed by atoms with E-state index in [9.17, 15) is 14.7 Å². The molecule has 0 saturated carbocycles. The number of fused-ring (bicyclic) bond motifs is 4. The van der Waals surface area contributed by atoms with E-state index < -0.39 is 12.1 Å². The van der Waals surface area contributed by atoms with Gasteiger partial charge in [0.05, 0.1) is 5.39 Å². The molecule has 0 radical (unpaired) electrons. The van der Waals surface area contributed by atoms with E-state index in [-0.39, 0.29) is 24.0 Å². The lowest BCUT2D eigenvalue weighted by molar-refractivity contribution is 0.0666. The summed E-state index contributed by atoms with van der Waals surface area (Å²) in [5, 5.41) is 12.3. The Morgan fingerprint density at radius 3 is 2.37 bits per heavy atom. The Morgan fingerprint density at radius 2 is 1.70 bits per heavy atom. The minimum Gasteiger partial charge on any atom is -0.475 e. The Kier molecular flexibility index (Phi) is 4.21. The summed E-state index contributed by atoms with van der Waals surface area (Å²) in [4.78, 5) is 28.0. The first-order chi connectivity index (χ1) is 14.6. The second-order valence-corrected chi connectivity index (χ2v) is 6.93. The molecule has 2 aromatic carbocycles. The van der Waals surface area contributed by atoms with E-state index in [1.54, 1.807) is 0 Å². The van der Waals surface area contributed by atoms with E-state index in [4.69, 9.17) is 9.15 Å². The maximum atomic E-state index is 12.5. The summed E-state index contributed by atoms with van der Waals surface area (Å²) in [6.45, 7) is 0.121. The molecule has 0 aliphatic heterocycles. The summed E-state index contributed by atoms with van der Waals surface area (Å²) < 4.78 is 10.8. The zero-order valence-electron chi connectivity index (χ0n) is 15.7. The topological polar surface area (TPSA) is 102 Å². The van der Waals surface area contributed by atoms with Gasteiger partial charge >= 0.3 is 12.1 Å². The van der Waals surface area contributed by atoms with Crippen LogP contribution >= 0.6 is 0 Å². The summed E-state index contributed by atoms with van der Waals surface area (Å²) >= 11 is 0.